The van der Waals surface area contributed by atoms with Crippen molar-refractivity contribution in [3.63, 3.8) is 0 Å². The van der Waals surface area contributed by atoms with Gasteiger partial charge >= 0.3 is 13.2 Å². The number of rotatable bonds is 6. The molecule has 0 radical (unpaired) electrons. The van der Waals surface area contributed by atoms with Crippen molar-refractivity contribution in [2.45, 2.75) is 104 Å². The van der Waals surface area contributed by atoms with Crippen molar-refractivity contribution in [2.24, 2.45) is 0 Å². The van der Waals surface area contributed by atoms with Crippen LogP contribution in [-0.4, -0.2) is 76.0 Å². The average Bonchev–Trinajstić information content (AvgIpc) is 2.97. The predicted octanol–water partition coefficient (Wildman–Crippen LogP) is 2.48. The van der Waals surface area contributed by atoms with Gasteiger partial charge in [0, 0.05) is 37.0 Å². The van der Waals surface area contributed by atoms with E-state index in [1.807, 2.05) is 32.6 Å². The highest BCUT2D eigenvalue weighted by molar-refractivity contribution is 6.61. The first-order valence-electron chi connectivity index (χ1n) is 12.4. The summed E-state index contributed by atoms with van der Waals surface area (Å²) >= 11 is 0. The molecule has 3 heterocycles. The monoisotopic (exact) mass is 489 g/mol. The van der Waals surface area contributed by atoms with Gasteiger partial charge in [0.05, 0.1) is 11.2 Å². The summed E-state index contributed by atoms with van der Waals surface area (Å²) in [4.78, 5) is 35.9. The van der Waals surface area contributed by atoms with Crippen LogP contribution < -0.4 is 16.1 Å². The number of carbonyl (C=O) groups excluding carboxylic acids is 2. The molecule has 3 rings (SSSR count). The molecule has 11 heteroatoms. The number of anilines is 1. The van der Waals surface area contributed by atoms with Crippen molar-refractivity contribution < 1.29 is 23.6 Å². The SMILES string of the molecule is C[C@H](NC(=O)OC(C)(C)C)C(=O)N1CCCC[C@H]1CNc1ncc(B2OC(C)(C)C(C)(C)O2)cn1. The molecule has 0 bridgehead atoms. The van der Waals surface area contributed by atoms with Gasteiger partial charge in [0.1, 0.15) is 11.6 Å². The summed E-state index contributed by atoms with van der Waals surface area (Å²) in [7, 11) is -0.514. The van der Waals surface area contributed by atoms with E-state index in [0.29, 0.717) is 19.0 Å². The fourth-order valence-electron chi connectivity index (χ4n) is 4.04. The molecule has 0 unspecified atom stereocenters. The fraction of sp³-hybridized carbons (Fsp3) is 0.750. The molecule has 0 saturated carbocycles. The van der Waals surface area contributed by atoms with Gasteiger partial charge in [-0.05, 0) is 74.7 Å². The van der Waals surface area contributed by atoms with Crippen LogP contribution in [0.4, 0.5) is 10.7 Å². The van der Waals surface area contributed by atoms with E-state index in [1.54, 1.807) is 40.1 Å². The van der Waals surface area contributed by atoms with Gasteiger partial charge in [-0.3, -0.25) is 4.79 Å². The first kappa shape index (κ1) is 27.2. The largest absolute Gasteiger partial charge is 0.498 e. The Morgan fingerprint density at radius 2 is 1.77 bits per heavy atom. The summed E-state index contributed by atoms with van der Waals surface area (Å²) in [5.41, 5.74) is -0.726. The number of amides is 2. The van der Waals surface area contributed by atoms with Crippen LogP contribution in [0.15, 0.2) is 12.4 Å². The molecule has 194 valence electrons. The first-order valence-corrected chi connectivity index (χ1v) is 12.4. The minimum absolute atomic E-state index is 0.0227. The zero-order valence-corrected chi connectivity index (χ0v) is 22.3. The Morgan fingerprint density at radius 3 is 2.34 bits per heavy atom. The van der Waals surface area contributed by atoms with E-state index >= 15 is 0 Å². The first-order chi connectivity index (χ1) is 16.2. The van der Waals surface area contributed by atoms with Crippen molar-refractivity contribution in [1.82, 2.24) is 20.2 Å². The molecule has 1 aromatic heterocycles. The second-order valence-corrected chi connectivity index (χ2v) is 11.4. The molecular weight excluding hydrogens is 449 g/mol. The van der Waals surface area contributed by atoms with E-state index in [9.17, 15) is 9.59 Å². The van der Waals surface area contributed by atoms with Gasteiger partial charge in [0.15, 0.2) is 0 Å². The molecule has 2 aliphatic rings. The van der Waals surface area contributed by atoms with Gasteiger partial charge in [-0.15, -0.1) is 0 Å². The van der Waals surface area contributed by atoms with E-state index in [2.05, 4.69) is 20.6 Å². The predicted molar refractivity (Wildman–Crippen MR) is 134 cm³/mol. The Hall–Kier alpha value is -2.40. The lowest BCUT2D eigenvalue weighted by Gasteiger charge is -2.37. The molecular formula is C24H40BN5O5. The third-order valence-electron chi connectivity index (χ3n) is 6.71. The lowest BCUT2D eigenvalue weighted by molar-refractivity contribution is -0.136. The number of piperidine rings is 1. The summed E-state index contributed by atoms with van der Waals surface area (Å²) < 4.78 is 17.4. The Labute approximate surface area is 209 Å². The van der Waals surface area contributed by atoms with Crippen LogP contribution in [0.5, 0.6) is 0 Å². The third-order valence-corrected chi connectivity index (χ3v) is 6.71. The number of nitrogens with zero attached hydrogens (tertiary/aromatic N) is 3. The normalized spacial score (nSPS) is 22.5. The van der Waals surface area contributed by atoms with E-state index in [4.69, 9.17) is 14.0 Å². The minimum atomic E-state index is -0.680. The Morgan fingerprint density at radius 1 is 1.17 bits per heavy atom. The van der Waals surface area contributed by atoms with Gasteiger partial charge in [0.2, 0.25) is 11.9 Å². The Balaban J connectivity index is 1.56. The zero-order valence-electron chi connectivity index (χ0n) is 22.3. The number of hydrogen-bond acceptors (Lipinski definition) is 8. The van der Waals surface area contributed by atoms with Gasteiger partial charge < -0.3 is 29.6 Å². The maximum Gasteiger partial charge on any atom is 0.498 e. The highest BCUT2D eigenvalue weighted by Crippen LogP contribution is 2.36. The van der Waals surface area contributed by atoms with Gasteiger partial charge in [0.25, 0.3) is 0 Å². The number of nitrogens with one attached hydrogen (secondary N) is 2. The molecule has 35 heavy (non-hydrogen) atoms. The Kier molecular flexibility index (Phi) is 8.01. The Bertz CT molecular complexity index is 887. The molecule has 2 atom stereocenters. The van der Waals surface area contributed by atoms with Crippen LogP contribution in [0.25, 0.3) is 0 Å². The number of likely N-dealkylation sites (tertiary alicyclic amines) is 1. The maximum atomic E-state index is 13.1. The van der Waals surface area contributed by atoms with E-state index < -0.39 is 36.1 Å². The smallest absolute Gasteiger partial charge is 0.444 e. The molecule has 2 N–H and O–H groups in total. The molecule has 2 amide bonds. The lowest BCUT2D eigenvalue weighted by atomic mass is 9.81. The molecule has 2 aliphatic heterocycles. The average molecular weight is 489 g/mol. The summed E-state index contributed by atoms with van der Waals surface area (Å²) in [5.74, 6) is 0.350. The molecule has 2 fully saturated rings. The summed E-state index contributed by atoms with van der Waals surface area (Å²) in [6.45, 7) is 16.2. The topological polar surface area (TPSA) is 115 Å². The second kappa shape index (κ2) is 10.3. The zero-order chi connectivity index (χ0) is 26.0. The summed E-state index contributed by atoms with van der Waals surface area (Å²) in [6, 6.07) is -0.702. The van der Waals surface area contributed by atoms with Crippen LogP contribution in [0.3, 0.4) is 0 Å². The van der Waals surface area contributed by atoms with E-state index in [-0.39, 0.29) is 11.9 Å². The minimum Gasteiger partial charge on any atom is -0.444 e. The third kappa shape index (κ3) is 6.85. The van der Waals surface area contributed by atoms with E-state index in [0.717, 1.165) is 24.7 Å². The number of ether oxygens (including phenoxy) is 1. The van der Waals surface area contributed by atoms with Crippen LogP contribution in [-0.2, 0) is 18.8 Å². The van der Waals surface area contributed by atoms with Crippen molar-refractivity contribution >= 4 is 30.5 Å². The molecule has 0 aromatic carbocycles. The number of hydrogen-bond donors (Lipinski definition) is 2. The van der Waals surface area contributed by atoms with Gasteiger partial charge in [-0.2, -0.15) is 0 Å². The van der Waals surface area contributed by atoms with Gasteiger partial charge in [-0.1, -0.05) is 0 Å². The molecule has 0 aliphatic carbocycles. The van der Waals surface area contributed by atoms with Crippen molar-refractivity contribution in [3.8, 4) is 0 Å². The summed E-state index contributed by atoms with van der Waals surface area (Å²) in [6.07, 6.45) is 5.64. The van der Waals surface area contributed by atoms with Crippen molar-refractivity contribution in [1.29, 1.82) is 0 Å². The van der Waals surface area contributed by atoms with Crippen molar-refractivity contribution in [3.05, 3.63) is 12.4 Å². The molecule has 10 nitrogen and oxygen atoms in total. The van der Waals surface area contributed by atoms with Crippen molar-refractivity contribution in [2.75, 3.05) is 18.4 Å². The molecule has 0 spiro atoms. The number of aromatic nitrogens is 2. The van der Waals surface area contributed by atoms with Crippen LogP contribution in [0.1, 0.15) is 74.7 Å². The molecule has 1 aromatic rings. The van der Waals surface area contributed by atoms with Gasteiger partial charge in [-0.25, -0.2) is 14.8 Å². The second-order valence-electron chi connectivity index (χ2n) is 11.4. The standard InChI is InChI=1S/C24H40BN5O5/c1-16(29-21(32)33-22(2,3)4)19(31)30-12-10-9-11-18(30)15-28-20-26-13-17(14-27-20)25-34-23(5,6)24(7,8)35-25/h13-14,16,18H,9-12,15H2,1-8H3,(H,29,32)(H,26,27,28)/t16-,18-/m0/s1. The van der Waals surface area contributed by atoms with Crippen LogP contribution in [0.2, 0.25) is 0 Å². The van der Waals surface area contributed by atoms with Crippen LogP contribution >= 0.6 is 0 Å². The number of alkyl carbamates (subject to hydrolysis) is 1. The highest BCUT2D eigenvalue weighted by atomic mass is 16.7. The number of carbonyl (C=O) groups is 2. The highest BCUT2D eigenvalue weighted by Gasteiger charge is 2.52. The quantitative estimate of drug-likeness (QED) is 0.586. The fourth-order valence-corrected chi connectivity index (χ4v) is 4.04. The van der Waals surface area contributed by atoms with Crippen LogP contribution in [0, 0.1) is 0 Å². The molecule has 2 saturated heterocycles. The summed E-state index contributed by atoms with van der Waals surface area (Å²) in [5, 5.41) is 5.90. The lowest BCUT2D eigenvalue weighted by Crippen LogP contribution is -2.54. The van der Waals surface area contributed by atoms with E-state index in [1.165, 1.54) is 0 Å². The maximum absolute atomic E-state index is 13.1.